The van der Waals surface area contributed by atoms with Crippen LogP contribution in [0.1, 0.15) is 0 Å². The van der Waals surface area contributed by atoms with Gasteiger partial charge in [0.1, 0.15) is 17.2 Å². The summed E-state index contributed by atoms with van der Waals surface area (Å²) in [4.78, 5) is 9.65. The van der Waals surface area contributed by atoms with Crippen LogP contribution >= 0.6 is 0 Å². The molecule has 4 aromatic carbocycles. The molecule has 1 N–H and O–H groups in total. The third kappa shape index (κ3) is 4.06. The molecule has 2 aromatic heterocycles. The summed E-state index contributed by atoms with van der Waals surface area (Å²) in [5.41, 5.74) is 7.26. The number of hydrogen-bond donors (Lipinski definition) is 1. The number of nitrogens with zero attached hydrogens (tertiary/aromatic N) is 2. The van der Waals surface area contributed by atoms with E-state index in [0.29, 0.717) is 34.0 Å². The van der Waals surface area contributed by atoms with Gasteiger partial charge in [-0.3, -0.25) is 9.97 Å². The average molecular weight is 710 g/mol. The van der Waals surface area contributed by atoms with Gasteiger partial charge in [0.05, 0.1) is 17.2 Å². The van der Waals surface area contributed by atoms with Crippen LogP contribution in [0.5, 0.6) is 28.7 Å². The van der Waals surface area contributed by atoms with Crippen LogP contribution in [-0.2, 0) is 21.1 Å². The summed E-state index contributed by atoms with van der Waals surface area (Å²) in [5, 5.41) is 10.5. The van der Waals surface area contributed by atoms with Gasteiger partial charge in [0.15, 0.2) is 0 Å². The van der Waals surface area contributed by atoms with E-state index >= 15 is 0 Å². The van der Waals surface area contributed by atoms with Crippen LogP contribution in [0.3, 0.4) is 0 Å². The van der Waals surface area contributed by atoms with Gasteiger partial charge < -0.3 is 14.6 Å². The fourth-order valence-electron chi connectivity index (χ4n) is 5.69. The van der Waals surface area contributed by atoms with Gasteiger partial charge in [0, 0.05) is 44.2 Å². The van der Waals surface area contributed by atoms with Crippen molar-refractivity contribution in [2.45, 2.75) is 0 Å². The molecule has 2 aliphatic heterocycles. The Morgan fingerprint density at radius 2 is 1.20 bits per heavy atom. The average Bonchev–Trinajstić information content (AvgIpc) is 3.01. The van der Waals surface area contributed by atoms with Crippen LogP contribution in [0.4, 0.5) is 0 Å². The maximum Gasteiger partial charge on any atom is 0.243 e. The summed E-state index contributed by atoms with van der Waals surface area (Å²) >= 11 is 0. The fourth-order valence-corrected chi connectivity index (χ4v) is 5.69. The Bertz CT molecular complexity index is 1940. The first kappa shape index (κ1) is 25.3. The number of ether oxygens (including phenoxy) is 2. The van der Waals surface area contributed by atoms with Gasteiger partial charge in [-0.2, -0.15) is 0 Å². The largest absolute Gasteiger partial charge is 0.507 e. The number of phenolic OH excluding ortho intramolecular Hbond substituents is 1. The van der Waals surface area contributed by atoms with Crippen LogP contribution in [0, 0.1) is 6.07 Å². The van der Waals surface area contributed by atoms with E-state index in [4.69, 9.17) is 14.5 Å². The van der Waals surface area contributed by atoms with Crippen molar-refractivity contribution in [2.75, 3.05) is 0 Å². The van der Waals surface area contributed by atoms with Gasteiger partial charge in [-0.15, -0.1) is 6.07 Å². The molecule has 8 rings (SSSR count). The van der Waals surface area contributed by atoms with Crippen molar-refractivity contribution in [1.82, 2.24) is 9.97 Å². The van der Waals surface area contributed by atoms with Gasteiger partial charge in [-0.05, 0) is 47.3 Å². The third-order valence-electron chi connectivity index (χ3n) is 7.47. The van der Waals surface area contributed by atoms with Crippen LogP contribution in [-0.4, -0.2) is 21.8 Å². The minimum Gasteiger partial charge on any atom is -0.507 e. The van der Waals surface area contributed by atoms with Crippen molar-refractivity contribution in [2.24, 2.45) is 0 Å². The molecular weight excluding hydrogens is 690 g/mol. The van der Waals surface area contributed by atoms with Crippen molar-refractivity contribution < 1.29 is 35.6 Å². The number of benzene rings is 4. The first-order valence-corrected chi connectivity index (χ1v) is 13.1. The number of pyridine rings is 2. The fraction of sp³-hybridized carbons (Fsp3) is 0. The molecule has 0 atom stereocenters. The zero-order chi connectivity index (χ0) is 26.6. The molecule has 0 bridgehead atoms. The third-order valence-corrected chi connectivity index (χ3v) is 7.47. The predicted molar refractivity (Wildman–Crippen MR) is 157 cm³/mol. The summed E-state index contributed by atoms with van der Waals surface area (Å²) in [5.74, 6) is 3.12. The molecule has 0 spiro atoms. The molecule has 4 heterocycles. The Balaban J connectivity index is 0.00000276. The SMILES string of the molecule is Oc1ccccc1-c1cccc(-c2[c-]c(-c3ccccn3)c3c4c2Oc2ccccc2B4c2ccccc2O3)n1.[Pt]. The molecule has 6 aromatic rings. The molecule has 0 unspecified atom stereocenters. The Kier molecular flexibility index (Phi) is 6.21. The topological polar surface area (TPSA) is 64.5 Å². The molecule has 2 aliphatic rings. The van der Waals surface area contributed by atoms with Crippen molar-refractivity contribution >= 4 is 23.1 Å². The van der Waals surface area contributed by atoms with E-state index in [0.717, 1.165) is 39.1 Å². The molecule has 0 fully saturated rings. The number of hydrogen-bond acceptors (Lipinski definition) is 5. The molecule has 0 amide bonds. The Hall–Kier alpha value is -4.67. The second-order valence-corrected chi connectivity index (χ2v) is 9.80. The second kappa shape index (κ2) is 10.1. The van der Waals surface area contributed by atoms with Crippen LogP contribution < -0.4 is 25.9 Å². The van der Waals surface area contributed by atoms with Crippen molar-refractivity contribution in [3.8, 4) is 62.5 Å². The van der Waals surface area contributed by atoms with E-state index in [2.05, 4.69) is 23.2 Å². The van der Waals surface area contributed by atoms with Gasteiger partial charge in [-0.1, -0.05) is 89.4 Å². The Labute approximate surface area is 251 Å². The number of aromatic hydroxyl groups is 1. The van der Waals surface area contributed by atoms with Crippen LogP contribution in [0.15, 0.2) is 115 Å². The molecule has 0 radical (unpaired) electrons. The summed E-state index contributed by atoms with van der Waals surface area (Å²) in [7, 11) is 0. The van der Waals surface area contributed by atoms with Gasteiger partial charge in [0.2, 0.25) is 6.71 Å². The second-order valence-electron chi connectivity index (χ2n) is 9.80. The van der Waals surface area contributed by atoms with Crippen molar-refractivity contribution in [3.05, 3.63) is 121 Å². The van der Waals surface area contributed by atoms with E-state index in [1.54, 1.807) is 18.3 Å². The van der Waals surface area contributed by atoms with Crippen molar-refractivity contribution in [3.63, 3.8) is 0 Å². The Morgan fingerprint density at radius 3 is 1.88 bits per heavy atom. The maximum atomic E-state index is 10.5. The molecule has 0 saturated carbocycles. The van der Waals surface area contributed by atoms with E-state index in [1.807, 2.05) is 84.9 Å². The molecule has 7 heteroatoms. The number of fused-ring (bicyclic) bond motifs is 4. The van der Waals surface area contributed by atoms with Crippen LogP contribution in [0.2, 0.25) is 0 Å². The molecule has 198 valence electrons. The van der Waals surface area contributed by atoms with E-state index in [1.165, 1.54) is 0 Å². The summed E-state index contributed by atoms with van der Waals surface area (Å²) in [6.07, 6.45) is 1.77. The smallest absolute Gasteiger partial charge is 0.243 e. The number of para-hydroxylation sites is 3. The van der Waals surface area contributed by atoms with Gasteiger partial charge in [-0.25, -0.2) is 0 Å². The molecule has 5 nitrogen and oxygen atoms in total. The molecule has 0 saturated heterocycles. The summed E-state index contributed by atoms with van der Waals surface area (Å²) in [6, 6.07) is 38.7. The number of rotatable bonds is 3. The number of aromatic nitrogens is 2. The van der Waals surface area contributed by atoms with Crippen LogP contribution in [0.25, 0.3) is 33.8 Å². The minimum atomic E-state index is -0.0999. The zero-order valence-electron chi connectivity index (χ0n) is 21.5. The monoisotopic (exact) mass is 710 g/mol. The maximum absolute atomic E-state index is 10.5. The normalized spacial score (nSPS) is 12.1. The van der Waals surface area contributed by atoms with Gasteiger partial charge in [0.25, 0.3) is 0 Å². The standard InChI is InChI=1S/C34H20BN2O3.Pt/c38-29-16-4-1-10-21(29)27-14-9-15-28(37-27)23-20-22(26-13-7-8-19-36-26)33-32-34(23)40-31-18-6-3-12-25(31)35(32)24-11-2-5-17-30(24)39-33;/h1-19,38H;/q-1;. The van der Waals surface area contributed by atoms with Gasteiger partial charge >= 0.3 is 0 Å². The van der Waals surface area contributed by atoms with E-state index < -0.39 is 0 Å². The number of phenols is 1. The predicted octanol–water partition coefficient (Wildman–Crippen LogP) is 5.71. The van der Waals surface area contributed by atoms with E-state index in [-0.39, 0.29) is 33.5 Å². The molecule has 0 aliphatic carbocycles. The first-order chi connectivity index (χ1) is 19.8. The zero-order valence-corrected chi connectivity index (χ0v) is 23.8. The van der Waals surface area contributed by atoms with E-state index in [9.17, 15) is 5.11 Å². The first-order valence-electron chi connectivity index (χ1n) is 13.1. The molecular formula is C34H20BN2O3Pt-. The summed E-state index contributed by atoms with van der Waals surface area (Å²) < 4.78 is 13.3. The Morgan fingerprint density at radius 1 is 0.610 bits per heavy atom. The quantitative estimate of drug-likeness (QED) is 0.188. The molecule has 41 heavy (non-hydrogen) atoms. The minimum absolute atomic E-state index is 0. The van der Waals surface area contributed by atoms with Crippen molar-refractivity contribution in [1.29, 1.82) is 0 Å². The summed E-state index contributed by atoms with van der Waals surface area (Å²) in [6.45, 7) is -0.0999.